The fourth-order valence-corrected chi connectivity index (χ4v) is 2.45. The summed E-state index contributed by atoms with van der Waals surface area (Å²) in [6, 6.07) is 3.37. The number of benzene rings is 1. The van der Waals surface area contributed by atoms with Crippen LogP contribution in [0, 0.1) is 5.82 Å². The number of halogens is 3. The van der Waals surface area contributed by atoms with Crippen molar-refractivity contribution in [2.75, 3.05) is 13.7 Å². The number of ether oxygens (including phenoxy) is 1. The lowest BCUT2D eigenvalue weighted by molar-refractivity contribution is -0.140. The normalized spacial score (nSPS) is 10.8. The molecule has 0 bridgehead atoms. The van der Waals surface area contributed by atoms with Crippen molar-refractivity contribution < 1.29 is 27.5 Å². The fourth-order valence-electron chi connectivity index (χ4n) is 2.45. The van der Waals surface area contributed by atoms with Crippen molar-refractivity contribution in [3.63, 3.8) is 0 Å². The predicted molar refractivity (Wildman–Crippen MR) is 87.2 cm³/mol. The van der Waals surface area contributed by atoms with E-state index in [9.17, 15) is 22.8 Å². The van der Waals surface area contributed by atoms with Gasteiger partial charge < -0.3 is 10.1 Å². The van der Waals surface area contributed by atoms with E-state index in [4.69, 9.17) is 0 Å². The molecule has 0 fully saturated rings. The van der Waals surface area contributed by atoms with Gasteiger partial charge in [0.15, 0.2) is 0 Å². The standard InChI is InChI=1S/C17H18F3N3O3/c1-3-23-15(13(9-22-23)16(19)20)10-6-11(8-12(18)7-10)17(25)21-5-4-14(24)26-2/h6-9,16H,3-5H2,1-2H3,(H,21,25). The van der Waals surface area contributed by atoms with Crippen molar-refractivity contribution in [2.24, 2.45) is 0 Å². The van der Waals surface area contributed by atoms with Gasteiger partial charge in [0.05, 0.1) is 31.0 Å². The molecule has 0 saturated heterocycles. The van der Waals surface area contributed by atoms with Crippen molar-refractivity contribution in [1.82, 2.24) is 15.1 Å². The number of hydrogen-bond acceptors (Lipinski definition) is 4. The average molecular weight is 369 g/mol. The van der Waals surface area contributed by atoms with Gasteiger partial charge in [0.25, 0.3) is 12.3 Å². The van der Waals surface area contributed by atoms with Crippen LogP contribution in [0.5, 0.6) is 0 Å². The van der Waals surface area contributed by atoms with Crippen LogP contribution in [0.25, 0.3) is 11.3 Å². The number of nitrogens with zero attached hydrogens (tertiary/aromatic N) is 2. The van der Waals surface area contributed by atoms with Crippen LogP contribution in [0.1, 0.15) is 35.7 Å². The molecule has 0 radical (unpaired) electrons. The highest BCUT2D eigenvalue weighted by Crippen LogP contribution is 2.32. The van der Waals surface area contributed by atoms with E-state index in [1.165, 1.54) is 17.9 Å². The number of aromatic nitrogens is 2. The van der Waals surface area contributed by atoms with Crippen LogP contribution >= 0.6 is 0 Å². The van der Waals surface area contributed by atoms with Gasteiger partial charge in [0, 0.05) is 24.2 Å². The summed E-state index contributed by atoms with van der Waals surface area (Å²) in [5.74, 6) is -1.88. The molecule has 0 aliphatic carbocycles. The first-order chi connectivity index (χ1) is 12.4. The molecule has 1 aromatic carbocycles. The fraction of sp³-hybridized carbons (Fsp3) is 0.353. The highest BCUT2D eigenvalue weighted by atomic mass is 19.3. The number of esters is 1. The van der Waals surface area contributed by atoms with Crippen LogP contribution < -0.4 is 5.32 Å². The van der Waals surface area contributed by atoms with Gasteiger partial charge in [-0.1, -0.05) is 0 Å². The molecule has 6 nitrogen and oxygen atoms in total. The van der Waals surface area contributed by atoms with E-state index in [-0.39, 0.29) is 35.3 Å². The van der Waals surface area contributed by atoms with Crippen LogP contribution in [0.15, 0.2) is 24.4 Å². The summed E-state index contributed by atoms with van der Waals surface area (Å²) in [6.07, 6.45) is -1.79. The Balaban J connectivity index is 2.32. The lowest BCUT2D eigenvalue weighted by Crippen LogP contribution is -2.26. The van der Waals surface area contributed by atoms with E-state index in [2.05, 4.69) is 15.2 Å². The number of methoxy groups -OCH3 is 1. The second-order valence-corrected chi connectivity index (χ2v) is 5.38. The molecule has 2 rings (SSSR count). The first kappa shape index (κ1) is 19.5. The molecule has 2 aromatic rings. The van der Waals surface area contributed by atoms with E-state index in [1.807, 2.05) is 0 Å². The van der Waals surface area contributed by atoms with Gasteiger partial charge >= 0.3 is 5.97 Å². The smallest absolute Gasteiger partial charge is 0.307 e. The number of carbonyl (C=O) groups is 2. The Morgan fingerprint density at radius 2 is 2.04 bits per heavy atom. The van der Waals surface area contributed by atoms with Gasteiger partial charge in [0.2, 0.25) is 0 Å². The zero-order chi connectivity index (χ0) is 19.3. The third-order valence-corrected chi connectivity index (χ3v) is 3.68. The number of rotatable bonds is 7. The lowest BCUT2D eigenvalue weighted by Gasteiger charge is -2.11. The molecule has 0 aliphatic rings. The van der Waals surface area contributed by atoms with Crippen molar-refractivity contribution in [3.8, 4) is 11.3 Å². The monoisotopic (exact) mass is 369 g/mol. The third-order valence-electron chi connectivity index (χ3n) is 3.68. The van der Waals surface area contributed by atoms with Crippen LogP contribution in [0.4, 0.5) is 13.2 Å². The molecule has 0 atom stereocenters. The number of aryl methyl sites for hydroxylation is 1. The molecule has 26 heavy (non-hydrogen) atoms. The minimum Gasteiger partial charge on any atom is -0.469 e. The maximum absolute atomic E-state index is 14.0. The Kier molecular flexibility index (Phi) is 6.37. The highest BCUT2D eigenvalue weighted by molar-refractivity contribution is 5.95. The van der Waals surface area contributed by atoms with E-state index in [0.29, 0.717) is 6.54 Å². The molecule has 1 N–H and O–H groups in total. The maximum atomic E-state index is 14.0. The highest BCUT2D eigenvalue weighted by Gasteiger charge is 2.21. The molecular weight excluding hydrogens is 351 g/mol. The number of hydrogen-bond donors (Lipinski definition) is 1. The summed E-state index contributed by atoms with van der Waals surface area (Å²) >= 11 is 0. The van der Waals surface area contributed by atoms with Crippen molar-refractivity contribution in [1.29, 1.82) is 0 Å². The number of alkyl halides is 2. The molecule has 0 aliphatic heterocycles. The molecule has 1 aromatic heterocycles. The average Bonchev–Trinajstić information content (AvgIpc) is 3.05. The van der Waals surface area contributed by atoms with Gasteiger partial charge in [-0.3, -0.25) is 14.3 Å². The summed E-state index contributed by atoms with van der Waals surface area (Å²) < 4.78 is 46.2. The molecule has 140 valence electrons. The van der Waals surface area contributed by atoms with Crippen LogP contribution in [0.3, 0.4) is 0 Å². The third kappa shape index (κ3) is 4.41. The number of nitrogens with one attached hydrogen (secondary N) is 1. The quantitative estimate of drug-likeness (QED) is 0.762. The Morgan fingerprint density at radius 1 is 1.31 bits per heavy atom. The van der Waals surface area contributed by atoms with Gasteiger partial charge in [-0.25, -0.2) is 13.2 Å². The predicted octanol–water partition coefficient (Wildman–Crippen LogP) is 2.94. The second kappa shape index (κ2) is 8.50. The summed E-state index contributed by atoms with van der Waals surface area (Å²) in [5.41, 5.74) is -0.202. The van der Waals surface area contributed by atoms with Crippen molar-refractivity contribution in [3.05, 3.63) is 41.3 Å². The first-order valence-electron chi connectivity index (χ1n) is 7.87. The van der Waals surface area contributed by atoms with Gasteiger partial charge in [-0.15, -0.1) is 0 Å². The molecule has 0 saturated carbocycles. The Morgan fingerprint density at radius 3 is 2.65 bits per heavy atom. The van der Waals surface area contributed by atoms with Crippen LogP contribution in [-0.4, -0.2) is 35.3 Å². The number of amides is 1. The minimum atomic E-state index is -2.79. The van der Waals surface area contributed by atoms with Crippen molar-refractivity contribution in [2.45, 2.75) is 26.3 Å². The maximum Gasteiger partial charge on any atom is 0.307 e. The second-order valence-electron chi connectivity index (χ2n) is 5.38. The topological polar surface area (TPSA) is 73.2 Å². The molecule has 0 spiro atoms. The van der Waals surface area contributed by atoms with E-state index in [1.54, 1.807) is 6.92 Å². The lowest BCUT2D eigenvalue weighted by atomic mass is 10.0. The van der Waals surface area contributed by atoms with Crippen molar-refractivity contribution >= 4 is 11.9 Å². The van der Waals surface area contributed by atoms with Gasteiger partial charge in [-0.05, 0) is 25.1 Å². The Labute approximate surface area is 147 Å². The summed E-state index contributed by atoms with van der Waals surface area (Å²) in [6.45, 7) is 2.03. The largest absolute Gasteiger partial charge is 0.469 e. The molecule has 9 heteroatoms. The molecular formula is C17H18F3N3O3. The molecule has 1 amide bonds. The summed E-state index contributed by atoms with van der Waals surface area (Å²) in [4.78, 5) is 23.2. The molecule has 1 heterocycles. The zero-order valence-electron chi connectivity index (χ0n) is 14.3. The van der Waals surface area contributed by atoms with Crippen LogP contribution in [0.2, 0.25) is 0 Å². The summed E-state index contributed by atoms with van der Waals surface area (Å²) in [5, 5.41) is 6.33. The van der Waals surface area contributed by atoms with E-state index < -0.39 is 24.1 Å². The van der Waals surface area contributed by atoms with Gasteiger partial charge in [0.1, 0.15) is 5.82 Å². The summed E-state index contributed by atoms with van der Waals surface area (Å²) in [7, 11) is 1.22. The minimum absolute atomic E-state index is 0.00648. The zero-order valence-corrected chi connectivity index (χ0v) is 14.3. The van der Waals surface area contributed by atoms with Gasteiger partial charge in [-0.2, -0.15) is 5.10 Å². The van der Waals surface area contributed by atoms with Crippen LogP contribution in [-0.2, 0) is 16.1 Å². The Bertz CT molecular complexity index is 806. The van der Waals surface area contributed by atoms with E-state index in [0.717, 1.165) is 18.3 Å². The number of carbonyl (C=O) groups excluding carboxylic acids is 2. The molecule has 0 unspecified atom stereocenters. The SMILES string of the molecule is CCn1ncc(C(F)F)c1-c1cc(F)cc(C(=O)NCCC(=O)OC)c1. The Hall–Kier alpha value is -2.84. The first-order valence-corrected chi connectivity index (χ1v) is 7.87. The van der Waals surface area contributed by atoms with E-state index >= 15 is 0 Å².